The molecule has 0 unspecified atom stereocenters. The van der Waals surface area contributed by atoms with Crippen molar-refractivity contribution >= 4 is 40.3 Å². The SMILES string of the molecule is COC(=O)C=Cc1cnc(Nc2cc([N+](=O)[O-])c(F)cc2C)nc1-c1cn2c3c(cccc13)CCC2.F.FF.FF.FF.FF. The average molecular weight is 659 g/mol. The predicted octanol–water partition coefficient (Wildman–Crippen LogP) is 8.84. The van der Waals surface area contributed by atoms with Crippen molar-refractivity contribution in [1.29, 1.82) is 0 Å². The molecule has 19 heteroatoms. The van der Waals surface area contributed by atoms with E-state index in [9.17, 15) is 19.3 Å². The number of hydrogen-bond acceptors (Lipinski definition) is 7. The molecule has 0 aliphatic carbocycles. The molecule has 45 heavy (non-hydrogen) atoms. The van der Waals surface area contributed by atoms with Crippen molar-refractivity contribution in [2.45, 2.75) is 26.3 Å². The van der Waals surface area contributed by atoms with Gasteiger partial charge in [0, 0.05) is 84.2 Å². The zero-order valence-electron chi connectivity index (χ0n) is 23.0. The van der Waals surface area contributed by atoms with Gasteiger partial charge in [0.25, 0.3) is 0 Å². The van der Waals surface area contributed by atoms with Gasteiger partial charge in [-0.2, -0.15) is 4.39 Å². The minimum absolute atomic E-state index is 0. The maximum Gasteiger partial charge on any atom is 0.330 e. The van der Waals surface area contributed by atoms with Crippen LogP contribution in [0.3, 0.4) is 0 Å². The molecule has 2 aromatic carbocycles. The number of carbonyl (C=O) groups is 1. The van der Waals surface area contributed by atoms with Crippen LogP contribution < -0.4 is 5.32 Å². The summed E-state index contributed by atoms with van der Waals surface area (Å²) in [4.78, 5) is 31.3. The highest BCUT2D eigenvalue weighted by atomic mass is 20.0. The molecular weight excluding hydrogens is 636 g/mol. The third-order valence-electron chi connectivity index (χ3n) is 6.24. The molecule has 5 rings (SSSR count). The number of anilines is 2. The Bertz CT molecular complexity index is 1590. The number of rotatable bonds is 6. The van der Waals surface area contributed by atoms with E-state index in [1.165, 1.54) is 18.7 Å². The lowest BCUT2D eigenvalue weighted by atomic mass is 10.0. The van der Waals surface area contributed by atoms with Gasteiger partial charge in [0.15, 0.2) is 0 Å². The zero-order valence-corrected chi connectivity index (χ0v) is 23.0. The summed E-state index contributed by atoms with van der Waals surface area (Å²) < 4.78 is 84.9. The molecule has 0 saturated heterocycles. The topological polar surface area (TPSA) is 112 Å². The number of nitrogens with zero attached hydrogens (tertiary/aromatic N) is 4. The maximum atomic E-state index is 14.0. The van der Waals surface area contributed by atoms with Gasteiger partial charge in [-0.05, 0) is 43.0 Å². The first-order valence-electron chi connectivity index (χ1n) is 11.9. The number of nitro groups is 1. The standard InChI is InChI=1S/C26H22FN5O4.4F2.FH/c1-15-11-20(27)22(32(34)35)12-21(15)29-26-28-13-17(8-9-23(33)36-2)24(30-26)19-14-31-10-4-6-16-5-3-7-18(19)25(16)31;4*1-2;/h3,5,7-9,11-14H,4,6,10H2,1-2H3,(H,28,29,30);;;;;1H. The Labute approximate surface area is 246 Å². The number of para-hydroxylation sites is 1. The first kappa shape index (κ1) is 39.8. The van der Waals surface area contributed by atoms with Crippen molar-refractivity contribution in [2.24, 2.45) is 0 Å². The van der Waals surface area contributed by atoms with Gasteiger partial charge >= 0.3 is 11.7 Å². The molecule has 3 heterocycles. The highest BCUT2D eigenvalue weighted by Crippen LogP contribution is 2.37. The van der Waals surface area contributed by atoms with Crippen LogP contribution in [-0.2, 0) is 22.5 Å². The van der Waals surface area contributed by atoms with E-state index in [0.717, 1.165) is 48.0 Å². The van der Waals surface area contributed by atoms with Crippen LogP contribution in [0.4, 0.5) is 63.0 Å². The molecular formula is C26H23F10N5O4. The Hall–Kier alpha value is -5.23. The lowest BCUT2D eigenvalue weighted by molar-refractivity contribution is -0.387. The first-order valence-corrected chi connectivity index (χ1v) is 11.9. The number of esters is 1. The van der Waals surface area contributed by atoms with E-state index in [1.54, 1.807) is 19.2 Å². The number of nitro benzene ring substituents is 1. The normalized spacial score (nSPS) is 10.7. The second-order valence-corrected chi connectivity index (χ2v) is 8.51. The molecule has 0 radical (unpaired) electrons. The number of ether oxygens (including phenoxy) is 1. The van der Waals surface area contributed by atoms with Gasteiger partial charge in [-0.15, -0.1) is 0 Å². The van der Waals surface area contributed by atoms with Crippen molar-refractivity contribution in [3.8, 4) is 11.3 Å². The van der Waals surface area contributed by atoms with Crippen LogP contribution in [0.5, 0.6) is 0 Å². The molecule has 0 fully saturated rings. The van der Waals surface area contributed by atoms with Gasteiger partial charge in [-0.3, -0.25) is 14.8 Å². The lowest BCUT2D eigenvalue weighted by Gasteiger charge is -2.14. The van der Waals surface area contributed by atoms with Gasteiger partial charge < -0.3 is 14.6 Å². The summed E-state index contributed by atoms with van der Waals surface area (Å²) >= 11 is 0. The second kappa shape index (κ2) is 19.9. The minimum Gasteiger partial charge on any atom is -0.466 e. The van der Waals surface area contributed by atoms with Crippen molar-refractivity contribution in [3.63, 3.8) is 0 Å². The van der Waals surface area contributed by atoms with Crippen molar-refractivity contribution in [3.05, 3.63) is 81.4 Å². The zero-order chi connectivity index (χ0) is 33.4. The van der Waals surface area contributed by atoms with Crippen molar-refractivity contribution < 1.29 is 60.1 Å². The summed E-state index contributed by atoms with van der Waals surface area (Å²) in [5.74, 6) is -1.25. The van der Waals surface area contributed by atoms with E-state index < -0.39 is 22.4 Å². The molecule has 9 nitrogen and oxygen atoms in total. The van der Waals surface area contributed by atoms with E-state index in [1.807, 2.05) is 18.3 Å². The fourth-order valence-corrected chi connectivity index (χ4v) is 4.52. The molecule has 4 aromatic rings. The third kappa shape index (κ3) is 9.38. The van der Waals surface area contributed by atoms with Gasteiger partial charge in [0.1, 0.15) is 0 Å². The number of aromatic nitrogens is 3. The molecule has 2 aromatic heterocycles. The van der Waals surface area contributed by atoms with Crippen LogP contribution in [0, 0.1) is 22.9 Å². The molecule has 0 saturated carbocycles. The van der Waals surface area contributed by atoms with E-state index in [0.29, 0.717) is 22.5 Å². The predicted molar refractivity (Wildman–Crippen MR) is 145 cm³/mol. The quantitative estimate of drug-likeness (QED) is 0.0724. The van der Waals surface area contributed by atoms with Crippen LogP contribution in [0.15, 0.2) is 48.8 Å². The van der Waals surface area contributed by atoms with E-state index in [-0.39, 0.29) is 10.7 Å². The molecule has 1 aliphatic heterocycles. The Kier molecular flexibility index (Phi) is 17.6. The second-order valence-electron chi connectivity index (χ2n) is 8.51. The number of aryl methyl sites for hydroxylation is 3. The van der Waals surface area contributed by atoms with Crippen LogP contribution in [0.25, 0.3) is 28.2 Å². The molecule has 1 N–H and O–H groups in total. The van der Waals surface area contributed by atoms with Gasteiger partial charge in [-0.25, -0.2) is 14.8 Å². The number of hydrogen-bond donors (Lipinski definition) is 1. The number of nitrogens with one attached hydrogen (secondary N) is 1. The molecule has 0 atom stereocenters. The fraction of sp³-hybridized carbons (Fsp3) is 0.192. The summed E-state index contributed by atoms with van der Waals surface area (Å²) in [5, 5.41) is 15.2. The van der Waals surface area contributed by atoms with Crippen molar-refractivity contribution in [2.75, 3.05) is 12.4 Å². The number of benzene rings is 2. The summed E-state index contributed by atoms with van der Waals surface area (Å²) in [6.07, 6.45) is 8.52. The lowest BCUT2D eigenvalue weighted by Crippen LogP contribution is -2.05. The Morgan fingerprint density at radius 1 is 1.11 bits per heavy atom. The Balaban J connectivity index is 0.00000200. The van der Waals surface area contributed by atoms with E-state index >= 15 is 0 Å². The summed E-state index contributed by atoms with van der Waals surface area (Å²) in [7, 11) is 1.30. The van der Waals surface area contributed by atoms with Crippen LogP contribution >= 0.6 is 0 Å². The summed E-state index contributed by atoms with van der Waals surface area (Å²) in [5.41, 5.74) is 4.58. The van der Waals surface area contributed by atoms with Crippen LogP contribution in [-0.4, -0.2) is 32.5 Å². The molecule has 0 amide bonds. The van der Waals surface area contributed by atoms with E-state index in [4.69, 9.17) is 46.3 Å². The molecule has 0 spiro atoms. The largest absolute Gasteiger partial charge is 0.466 e. The smallest absolute Gasteiger partial charge is 0.330 e. The number of methoxy groups -OCH3 is 1. The molecule has 1 aliphatic rings. The number of halogens is 10. The maximum absolute atomic E-state index is 14.0. The van der Waals surface area contributed by atoms with E-state index in [2.05, 4.69) is 20.9 Å². The highest BCUT2D eigenvalue weighted by molar-refractivity contribution is 5.99. The minimum atomic E-state index is -0.915. The Morgan fingerprint density at radius 2 is 1.78 bits per heavy atom. The first-order chi connectivity index (χ1) is 21.4. The average Bonchev–Trinajstić information content (AvgIpc) is 3.45. The summed E-state index contributed by atoms with van der Waals surface area (Å²) in [6, 6.07) is 8.39. The fourth-order valence-electron chi connectivity index (χ4n) is 4.52. The van der Waals surface area contributed by atoms with Crippen molar-refractivity contribution in [1.82, 2.24) is 14.5 Å². The van der Waals surface area contributed by atoms with Gasteiger partial charge in [0.05, 0.1) is 28.9 Å². The van der Waals surface area contributed by atoms with Gasteiger partial charge in [-0.1, -0.05) is 18.2 Å². The highest BCUT2D eigenvalue weighted by Gasteiger charge is 2.21. The monoisotopic (exact) mass is 659 g/mol. The van der Waals surface area contributed by atoms with Gasteiger partial charge in [0.2, 0.25) is 11.8 Å². The van der Waals surface area contributed by atoms with Crippen LogP contribution in [0.2, 0.25) is 0 Å². The molecule has 0 bridgehead atoms. The Morgan fingerprint density at radius 3 is 2.40 bits per heavy atom. The third-order valence-corrected chi connectivity index (χ3v) is 6.24. The van der Waals surface area contributed by atoms with Crippen LogP contribution in [0.1, 0.15) is 23.1 Å². The molecule has 246 valence electrons. The summed E-state index contributed by atoms with van der Waals surface area (Å²) in [6.45, 7) is 2.52. The number of carbonyl (C=O) groups excluding carboxylic acids is 1.